The molecule has 0 aliphatic heterocycles. The van der Waals surface area contributed by atoms with Crippen molar-refractivity contribution < 1.29 is 9.13 Å². The highest BCUT2D eigenvalue weighted by atomic mass is 79.9. The molecule has 0 aliphatic rings. The van der Waals surface area contributed by atoms with Crippen molar-refractivity contribution in [1.29, 1.82) is 0 Å². The Morgan fingerprint density at radius 3 is 2.62 bits per heavy atom. The van der Waals surface area contributed by atoms with E-state index >= 15 is 0 Å². The van der Waals surface area contributed by atoms with Crippen molar-refractivity contribution in [2.24, 2.45) is 0 Å². The minimum Gasteiger partial charge on any atom is -0.488 e. The zero-order valence-electron chi connectivity index (χ0n) is 7.68. The van der Waals surface area contributed by atoms with Crippen LogP contribution in [0.1, 0.15) is 19.4 Å². The molecule has 0 spiro atoms. The van der Waals surface area contributed by atoms with E-state index in [-0.39, 0.29) is 11.9 Å². The molecule has 3 heteroatoms. The Kier molecular flexibility index (Phi) is 3.72. The van der Waals surface area contributed by atoms with Gasteiger partial charge >= 0.3 is 0 Å². The molecular formula is C10H12BrFO. The van der Waals surface area contributed by atoms with Gasteiger partial charge in [-0.1, -0.05) is 22.0 Å². The summed E-state index contributed by atoms with van der Waals surface area (Å²) in [7, 11) is 0. The molecule has 0 radical (unpaired) electrons. The predicted molar refractivity (Wildman–Crippen MR) is 54.8 cm³/mol. The van der Waals surface area contributed by atoms with Gasteiger partial charge in [-0.25, -0.2) is 4.39 Å². The van der Waals surface area contributed by atoms with Crippen molar-refractivity contribution >= 4 is 15.9 Å². The molecule has 1 aromatic rings. The van der Waals surface area contributed by atoms with Crippen molar-refractivity contribution in [3.05, 3.63) is 29.6 Å². The van der Waals surface area contributed by atoms with Gasteiger partial charge in [-0.2, -0.15) is 0 Å². The number of halogens is 2. The molecule has 0 fully saturated rings. The van der Waals surface area contributed by atoms with Crippen LogP contribution in [-0.2, 0) is 5.33 Å². The normalized spacial score (nSPS) is 10.5. The second-order valence-corrected chi connectivity index (χ2v) is 3.63. The lowest BCUT2D eigenvalue weighted by Gasteiger charge is -2.10. The average molecular weight is 247 g/mol. The second kappa shape index (κ2) is 4.61. The van der Waals surface area contributed by atoms with Gasteiger partial charge in [0.25, 0.3) is 0 Å². The summed E-state index contributed by atoms with van der Waals surface area (Å²) in [5.41, 5.74) is 0.911. The van der Waals surface area contributed by atoms with Crippen LogP contribution >= 0.6 is 15.9 Å². The molecule has 72 valence electrons. The molecule has 1 nitrogen and oxygen atoms in total. The zero-order chi connectivity index (χ0) is 9.84. The van der Waals surface area contributed by atoms with Gasteiger partial charge < -0.3 is 4.74 Å². The van der Waals surface area contributed by atoms with Crippen LogP contribution in [0.4, 0.5) is 4.39 Å². The molecule has 13 heavy (non-hydrogen) atoms. The Morgan fingerprint density at radius 2 is 2.15 bits per heavy atom. The fourth-order valence-electron chi connectivity index (χ4n) is 0.977. The molecule has 0 amide bonds. The maximum absolute atomic E-state index is 13.3. The third kappa shape index (κ3) is 2.99. The van der Waals surface area contributed by atoms with E-state index in [1.54, 1.807) is 6.07 Å². The minimum absolute atomic E-state index is 0.00400. The third-order valence-electron chi connectivity index (χ3n) is 1.51. The number of benzene rings is 1. The van der Waals surface area contributed by atoms with E-state index in [0.29, 0.717) is 11.1 Å². The summed E-state index contributed by atoms with van der Waals surface area (Å²) in [5, 5.41) is 0.659. The average Bonchev–Trinajstić information content (AvgIpc) is 2.08. The van der Waals surface area contributed by atoms with Crippen molar-refractivity contribution in [3.8, 4) is 5.75 Å². The number of rotatable bonds is 3. The Hall–Kier alpha value is -0.570. The molecule has 0 bridgehead atoms. The van der Waals surface area contributed by atoms with Gasteiger partial charge in [0.2, 0.25) is 0 Å². The Labute approximate surface area is 86.0 Å². The van der Waals surface area contributed by atoms with E-state index in [1.807, 2.05) is 19.9 Å². The van der Waals surface area contributed by atoms with Crippen LogP contribution in [0.2, 0.25) is 0 Å². The fraction of sp³-hybridized carbons (Fsp3) is 0.400. The highest BCUT2D eigenvalue weighted by Crippen LogP contribution is 2.20. The molecule has 1 rings (SSSR count). The lowest BCUT2D eigenvalue weighted by atomic mass is 10.2. The van der Waals surface area contributed by atoms with Crippen LogP contribution in [0, 0.1) is 5.82 Å². The Bertz CT molecular complexity index is 286. The smallest absolute Gasteiger partial charge is 0.165 e. The SMILES string of the molecule is CC(C)Oc1ccc(CBr)cc1F. The van der Waals surface area contributed by atoms with E-state index < -0.39 is 0 Å². The Morgan fingerprint density at radius 1 is 1.46 bits per heavy atom. The molecule has 0 saturated carbocycles. The molecule has 0 heterocycles. The second-order valence-electron chi connectivity index (χ2n) is 3.07. The van der Waals surface area contributed by atoms with E-state index in [1.165, 1.54) is 6.07 Å². The standard InChI is InChI=1S/C10H12BrFO/c1-7(2)13-10-4-3-8(6-11)5-9(10)12/h3-5,7H,6H2,1-2H3. The first-order valence-corrected chi connectivity index (χ1v) is 5.26. The first-order valence-electron chi connectivity index (χ1n) is 4.14. The van der Waals surface area contributed by atoms with Crippen molar-refractivity contribution in [2.45, 2.75) is 25.3 Å². The van der Waals surface area contributed by atoms with E-state index in [9.17, 15) is 4.39 Å². The van der Waals surface area contributed by atoms with Crippen molar-refractivity contribution in [1.82, 2.24) is 0 Å². The maximum atomic E-state index is 13.3. The molecule has 0 atom stereocenters. The highest BCUT2D eigenvalue weighted by molar-refractivity contribution is 9.08. The summed E-state index contributed by atoms with van der Waals surface area (Å²) >= 11 is 3.26. The van der Waals surface area contributed by atoms with Crippen LogP contribution in [0.3, 0.4) is 0 Å². The molecule has 0 N–H and O–H groups in total. The minimum atomic E-state index is -0.300. The molecule has 1 aromatic carbocycles. The van der Waals surface area contributed by atoms with Gasteiger partial charge in [0.1, 0.15) is 0 Å². The lowest BCUT2D eigenvalue weighted by molar-refractivity contribution is 0.231. The van der Waals surface area contributed by atoms with Gasteiger partial charge in [-0.05, 0) is 31.5 Å². The van der Waals surface area contributed by atoms with Gasteiger partial charge in [-0.3, -0.25) is 0 Å². The van der Waals surface area contributed by atoms with Gasteiger partial charge in [0.15, 0.2) is 11.6 Å². The third-order valence-corrected chi connectivity index (χ3v) is 2.16. The summed E-state index contributed by atoms with van der Waals surface area (Å²) in [6, 6.07) is 4.98. The Balaban J connectivity index is 2.85. The quantitative estimate of drug-likeness (QED) is 0.742. The molecule has 0 aromatic heterocycles. The van der Waals surface area contributed by atoms with Crippen LogP contribution in [-0.4, -0.2) is 6.10 Å². The van der Waals surface area contributed by atoms with Gasteiger partial charge in [0, 0.05) is 5.33 Å². The van der Waals surface area contributed by atoms with Gasteiger partial charge in [-0.15, -0.1) is 0 Å². The topological polar surface area (TPSA) is 9.23 Å². The summed E-state index contributed by atoms with van der Waals surface area (Å²) < 4.78 is 18.5. The van der Waals surface area contributed by atoms with Crippen LogP contribution in [0.25, 0.3) is 0 Å². The van der Waals surface area contributed by atoms with Crippen LogP contribution < -0.4 is 4.74 Å². The molecule has 0 aliphatic carbocycles. The first-order chi connectivity index (χ1) is 6.13. The van der Waals surface area contributed by atoms with E-state index in [0.717, 1.165) is 5.56 Å². The predicted octanol–water partition coefficient (Wildman–Crippen LogP) is 3.51. The largest absolute Gasteiger partial charge is 0.488 e. The number of ether oxygens (including phenoxy) is 1. The van der Waals surface area contributed by atoms with Crippen molar-refractivity contribution in [3.63, 3.8) is 0 Å². The highest BCUT2D eigenvalue weighted by Gasteiger charge is 2.05. The van der Waals surface area contributed by atoms with Crippen LogP contribution in [0.15, 0.2) is 18.2 Å². The van der Waals surface area contributed by atoms with E-state index in [4.69, 9.17) is 4.74 Å². The van der Waals surface area contributed by atoms with Crippen LogP contribution in [0.5, 0.6) is 5.75 Å². The zero-order valence-corrected chi connectivity index (χ0v) is 9.27. The van der Waals surface area contributed by atoms with E-state index in [2.05, 4.69) is 15.9 Å². The lowest BCUT2D eigenvalue weighted by Crippen LogP contribution is -2.06. The molecular weight excluding hydrogens is 235 g/mol. The fourth-order valence-corrected chi connectivity index (χ4v) is 1.33. The number of alkyl halides is 1. The summed E-state index contributed by atoms with van der Waals surface area (Å²) in [6.45, 7) is 3.75. The van der Waals surface area contributed by atoms with Crippen molar-refractivity contribution in [2.75, 3.05) is 0 Å². The molecule has 0 unspecified atom stereocenters. The summed E-state index contributed by atoms with van der Waals surface area (Å²) in [6.07, 6.45) is 0.00400. The maximum Gasteiger partial charge on any atom is 0.165 e. The summed E-state index contributed by atoms with van der Waals surface area (Å²) in [4.78, 5) is 0. The number of hydrogen-bond donors (Lipinski definition) is 0. The number of hydrogen-bond acceptors (Lipinski definition) is 1. The first kappa shape index (κ1) is 10.5. The summed E-state index contributed by atoms with van der Waals surface area (Å²) in [5.74, 6) is 0.0188. The van der Waals surface area contributed by atoms with Gasteiger partial charge in [0.05, 0.1) is 6.10 Å². The molecule has 0 saturated heterocycles. The monoisotopic (exact) mass is 246 g/mol.